The molecular weight excluding hydrogens is 356 g/mol. The molecule has 128 valence electrons. The lowest BCUT2D eigenvalue weighted by atomic mass is 9.97. The Bertz CT molecular complexity index is 1110. The molecule has 1 aromatic carbocycles. The molecular formula is C18H16N2O3S2. The third kappa shape index (κ3) is 2.63. The van der Waals surface area contributed by atoms with Crippen LogP contribution >= 0.6 is 23.6 Å². The first kappa shape index (κ1) is 16.2. The molecule has 0 radical (unpaired) electrons. The number of carbonyl (C=O) groups excluding carboxylic acids is 1. The van der Waals surface area contributed by atoms with Gasteiger partial charge in [-0.2, -0.15) is 0 Å². The van der Waals surface area contributed by atoms with Crippen molar-refractivity contribution in [1.82, 2.24) is 9.55 Å². The zero-order chi connectivity index (χ0) is 17.6. The van der Waals surface area contributed by atoms with E-state index in [1.54, 1.807) is 35.6 Å². The molecule has 1 aliphatic carbocycles. The molecule has 1 aliphatic rings. The summed E-state index contributed by atoms with van der Waals surface area (Å²) < 4.78 is 6.35. The number of fused-ring (bicyclic) bond motifs is 3. The Morgan fingerprint density at radius 2 is 2.12 bits per heavy atom. The first-order chi connectivity index (χ1) is 12.1. The van der Waals surface area contributed by atoms with Gasteiger partial charge in [-0.15, -0.1) is 11.3 Å². The van der Waals surface area contributed by atoms with Gasteiger partial charge in [0.25, 0.3) is 11.5 Å². The van der Waals surface area contributed by atoms with Crippen LogP contribution in [0.5, 0.6) is 5.75 Å². The van der Waals surface area contributed by atoms with E-state index in [9.17, 15) is 9.59 Å². The highest BCUT2D eigenvalue weighted by Crippen LogP contribution is 2.33. The zero-order valence-electron chi connectivity index (χ0n) is 13.6. The van der Waals surface area contributed by atoms with Crippen molar-refractivity contribution in [3.05, 3.63) is 55.4 Å². The summed E-state index contributed by atoms with van der Waals surface area (Å²) in [4.78, 5) is 31.1. The van der Waals surface area contributed by atoms with Gasteiger partial charge >= 0.3 is 0 Å². The minimum absolute atomic E-state index is 0.129. The molecule has 0 fully saturated rings. The number of hydrogen-bond donors (Lipinski definition) is 1. The molecule has 0 aliphatic heterocycles. The number of hydrogen-bond acceptors (Lipinski definition) is 5. The van der Waals surface area contributed by atoms with Gasteiger partial charge in [0.15, 0.2) is 4.77 Å². The third-order valence-electron chi connectivity index (χ3n) is 4.53. The van der Waals surface area contributed by atoms with Gasteiger partial charge in [0.05, 0.1) is 12.5 Å². The van der Waals surface area contributed by atoms with E-state index in [0.29, 0.717) is 16.7 Å². The van der Waals surface area contributed by atoms with Crippen molar-refractivity contribution in [2.24, 2.45) is 0 Å². The average molecular weight is 372 g/mol. The third-order valence-corrected chi connectivity index (χ3v) is 6.02. The average Bonchev–Trinajstić information content (AvgIpc) is 2.99. The van der Waals surface area contributed by atoms with Gasteiger partial charge < -0.3 is 9.72 Å². The maximum Gasteiger partial charge on any atom is 0.270 e. The molecule has 2 heterocycles. The van der Waals surface area contributed by atoms with Gasteiger partial charge in [-0.3, -0.25) is 9.59 Å². The van der Waals surface area contributed by atoms with Crippen molar-refractivity contribution < 1.29 is 9.53 Å². The second kappa shape index (κ2) is 6.24. The molecule has 0 saturated heterocycles. The summed E-state index contributed by atoms with van der Waals surface area (Å²) in [7, 11) is 1.53. The highest BCUT2D eigenvalue weighted by atomic mass is 32.1. The maximum atomic E-state index is 13.1. The Morgan fingerprint density at radius 1 is 1.32 bits per heavy atom. The molecule has 7 heteroatoms. The number of carbonyl (C=O) groups is 1. The molecule has 0 unspecified atom stereocenters. The smallest absolute Gasteiger partial charge is 0.270 e. The van der Waals surface area contributed by atoms with E-state index < -0.39 is 5.91 Å². The number of aryl methyl sites for hydroxylation is 2. The van der Waals surface area contributed by atoms with Crippen LogP contribution in [0.15, 0.2) is 29.1 Å². The van der Waals surface area contributed by atoms with E-state index in [1.165, 1.54) is 12.0 Å². The first-order valence-corrected chi connectivity index (χ1v) is 9.31. The number of rotatable bonds is 2. The molecule has 0 amide bonds. The summed E-state index contributed by atoms with van der Waals surface area (Å²) in [6.45, 7) is 0. The number of benzene rings is 1. The first-order valence-electron chi connectivity index (χ1n) is 8.08. The SMILES string of the molecule is COc1cccc(C(=O)n2c(=S)[nH]c3sc4c(c3c2=O)CCCC4)c1. The Kier molecular flexibility index (Phi) is 4.05. The highest BCUT2D eigenvalue weighted by molar-refractivity contribution is 7.71. The lowest BCUT2D eigenvalue weighted by Crippen LogP contribution is -2.29. The summed E-state index contributed by atoms with van der Waals surface area (Å²) in [6.07, 6.45) is 4.07. The number of aromatic amines is 1. The quantitative estimate of drug-likeness (QED) is 0.697. The fourth-order valence-electron chi connectivity index (χ4n) is 3.31. The highest BCUT2D eigenvalue weighted by Gasteiger charge is 2.22. The van der Waals surface area contributed by atoms with Crippen LogP contribution in [-0.4, -0.2) is 22.6 Å². The van der Waals surface area contributed by atoms with E-state index in [1.807, 2.05) is 0 Å². The van der Waals surface area contributed by atoms with Gasteiger partial charge in [0, 0.05) is 10.4 Å². The van der Waals surface area contributed by atoms with Crippen LogP contribution < -0.4 is 10.3 Å². The number of thiophene rings is 1. The van der Waals surface area contributed by atoms with Crippen LogP contribution in [0.1, 0.15) is 33.6 Å². The zero-order valence-corrected chi connectivity index (χ0v) is 15.3. The second-order valence-corrected chi connectivity index (χ2v) is 7.51. The molecule has 4 rings (SSSR count). The van der Waals surface area contributed by atoms with Crippen LogP contribution in [-0.2, 0) is 12.8 Å². The largest absolute Gasteiger partial charge is 0.497 e. The normalized spacial score (nSPS) is 13.6. The molecule has 0 saturated carbocycles. The Morgan fingerprint density at radius 3 is 2.92 bits per heavy atom. The van der Waals surface area contributed by atoms with Gasteiger partial charge in [0.2, 0.25) is 0 Å². The lowest BCUT2D eigenvalue weighted by molar-refractivity contribution is 0.0953. The number of nitrogens with zero attached hydrogens (tertiary/aromatic N) is 1. The summed E-state index contributed by atoms with van der Waals surface area (Å²) in [5.74, 6) is 0.116. The maximum absolute atomic E-state index is 13.1. The summed E-state index contributed by atoms with van der Waals surface area (Å²) in [5.41, 5.74) is 1.12. The number of ether oxygens (including phenoxy) is 1. The van der Waals surface area contributed by atoms with Crippen LogP contribution in [0.4, 0.5) is 0 Å². The predicted molar refractivity (Wildman–Crippen MR) is 101 cm³/mol. The van der Waals surface area contributed by atoms with Gasteiger partial charge in [-0.25, -0.2) is 4.57 Å². The van der Waals surface area contributed by atoms with Crippen molar-refractivity contribution in [2.45, 2.75) is 25.7 Å². The van der Waals surface area contributed by atoms with Crippen molar-refractivity contribution in [2.75, 3.05) is 7.11 Å². The minimum atomic E-state index is -0.442. The van der Waals surface area contributed by atoms with E-state index >= 15 is 0 Å². The number of H-pyrrole nitrogens is 1. The Hall–Kier alpha value is -2.25. The summed E-state index contributed by atoms with van der Waals surface area (Å²) in [5, 5.41) is 0.615. The van der Waals surface area contributed by atoms with Gasteiger partial charge in [-0.05, 0) is 61.7 Å². The van der Waals surface area contributed by atoms with E-state index in [0.717, 1.165) is 40.6 Å². The van der Waals surface area contributed by atoms with Crippen LogP contribution in [0.25, 0.3) is 10.2 Å². The second-order valence-electron chi connectivity index (χ2n) is 6.02. The predicted octanol–water partition coefficient (Wildman–Crippen LogP) is 3.70. The number of methoxy groups -OCH3 is 1. The molecule has 0 atom stereocenters. The Balaban J connectivity index is 1.94. The van der Waals surface area contributed by atoms with Crippen molar-refractivity contribution in [3.63, 3.8) is 0 Å². The monoisotopic (exact) mass is 372 g/mol. The molecule has 0 bridgehead atoms. The molecule has 3 aromatic rings. The van der Waals surface area contributed by atoms with E-state index in [-0.39, 0.29) is 10.3 Å². The standard InChI is InChI=1S/C18H16N2O3S2/c1-23-11-6-4-5-10(9-11)16(21)20-17(22)14-12-7-2-3-8-13(12)25-15(14)19-18(20)24/h4-6,9H,2-3,7-8H2,1H3,(H,19,24). The van der Waals surface area contributed by atoms with Crippen LogP contribution in [0.3, 0.4) is 0 Å². The van der Waals surface area contributed by atoms with Crippen LogP contribution in [0.2, 0.25) is 0 Å². The van der Waals surface area contributed by atoms with Crippen LogP contribution in [0, 0.1) is 4.77 Å². The van der Waals surface area contributed by atoms with Gasteiger partial charge in [0.1, 0.15) is 10.6 Å². The van der Waals surface area contributed by atoms with E-state index in [4.69, 9.17) is 17.0 Å². The fraction of sp³-hybridized carbons (Fsp3) is 0.278. The Labute approximate surface area is 152 Å². The fourth-order valence-corrected chi connectivity index (χ4v) is 4.92. The van der Waals surface area contributed by atoms with Crippen molar-refractivity contribution >= 4 is 39.7 Å². The molecule has 0 spiro atoms. The number of aromatic nitrogens is 2. The van der Waals surface area contributed by atoms with Gasteiger partial charge in [-0.1, -0.05) is 6.07 Å². The minimum Gasteiger partial charge on any atom is -0.497 e. The summed E-state index contributed by atoms with van der Waals surface area (Å²) in [6, 6.07) is 6.73. The van der Waals surface area contributed by atoms with Crippen molar-refractivity contribution in [1.29, 1.82) is 0 Å². The molecule has 2 aromatic heterocycles. The topological polar surface area (TPSA) is 64.1 Å². The van der Waals surface area contributed by atoms with E-state index in [2.05, 4.69) is 4.98 Å². The molecule has 1 N–H and O–H groups in total. The lowest BCUT2D eigenvalue weighted by Gasteiger charge is -2.10. The number of nitrogens with one attached hydrogen (secondary N) is 1. The molecule has 25 heavy (non-hydrogen) atoms. The molecule has 5 nitrogen and oxygen atoms in total. The summed E-state index contributed by atoms with van der Waals surface area (Å²) >= 11 is 6.89. The van der Waals surface area contributed by atoms with Crippen molar-refractivity contribution in [3.8, 4) is 5.75 Å².